The Bertz CT molecular complexity index is 1050. The molecule has 0 N–H and O–H groups in total. The highest BCUT2D eigenvalue weighted by Gasteiger charge is 2.20. The van der Waals surface area contributed by atoms with E-state index in [1.807, 2.05) is 49.3 Å². The second-order valence-corrected chi connectivity index (χ2v) is 8.05. The molecule has 0 saturated heterocycles. The van der Waals surface area contributed by atoms with Gasteiger partial charge in [-0.3, -0.25) is 9.63 Å². The first-order chi connectivity index (χ1) is 15.1. The van der Waals surface area contributed by atoms with E-state index >= 15 is 0 Å². The van der Waals surface area contributed by atoms with E-state index in [9.17, 15) is 4.79 Å². The largest absolute Gasteiger partial charge is 0.405 e. The SMILES string of the molecule is CN(C)CCON(c1ccccc1)c1ncc2ccc(=O)n(OC3CCCCC3)c2n1. The number of rotatable bonds is 8. The molecule has 0 atom stereocenters. The Morgan fingerprint density at radius 3 is 2.58 bits per heavy atom. The normalized spacial score (nSPS) is 14.8. The number of nitrogens with zero attached hydrogens (tertiary/aromatic N) is 5. The van der Waals surface area contributed by atoms with Crippen LogP contribution < -0.4 is 15.5 Å². The lowest BCUT2D eigenvalue weighted by atomic mass is 9.98. The van der Waals surface area contributed by atoms with E-state index in [1.54, 1.807) is 17.3 Å². The maximum Gasteiger partial charge on any atom is 0.285 e. The Hall–Kier alpha value is -2.97. The van der Waals surface area contributed by atoms with E-state index in [2.05, 4.69) is 4.98 Å². The molecule has 31 heavy (non-hydrogen) atoms. The molecule has 0 radical (unpaired) electrons. The lowest BCUT2D eigenvalue weighted by Gasteiger charge is -2.25. The van der Waals surface area contributed by atoms with E-state index in [4.69, 9.17) is 14.7 Å². The molecule has 0 amide bonds. The van der Waals surface area contributed by atoms with Crippen molar-refractivity contribution >= 4 is 22.7 Å². The zero-order chi connectivity index (χ0) is 21.6. The number of likely N-dealkylation sites (N-methyl/N-ethyl adjacent to an activating group) is 1. The topological polar surface area (TPSA) is 72.7 Å². The molecule has 0 unspecified atom stereocenters. The Morgan fingerprint density at radius 1 is 1.06 bits per heavy atom. The van der Waals surface area contributed by atoms with Crippen LogP contribution >= 0.6 is 0 Å². The van der Waals surface area contributed by atoms with Crippen LogP contribution in [0.1, 0.15) is 32.1 Å². The molecule has 1 aliphatic rings. The van der Waals surface area contributed by atoms with Crippen molar-refractivity contribution in [3.05, 3.63) is 59.0 Å². The number of fused-ring (bicyclic) bond motifs is 1. The van der Waals surface area contributed by atoms with E-state index in [0.717, 1.165) is 43.3 Å². The molecule has 3 aromatic rings. The minimum Gasteiger partial charge on any atom is -0.405 e. The van der Waals surface area contributed by atoms with Crippen molar-refractivity contribution in [2.75, 3.05) is 32.3 Å². The fourth-order valence-electron chi connectivity index (χ4n) is 3.63. The Morgan fingerprint density at radius 2 is 1.84 bits per heavy atom. The van der Waals surface area contributed by atoms with Gasteiger partial charge in [-0.1, -0.05) is 24.6 Å². The van der Waals surface area contributed by atoms with Crippen LogP contribution in [-0.4, -0.2) is 52.9 Å². The Labute approximate surface area is 181 Å². The lowest BCUT2D eigenvalue weighted by molar-refractivity contribution is 0.0155. The molecule has 2 aromatic heterocycles. The van der Waals surface area contributed by atoms with Gasteiger partial charge in [-0.15, -0.1) is 4.73 Å². The highest BCUT2D eigenvalue weighted by Crippen LogP contribution is 2.24. The van der Waals surface area contributed by atoms with Gasteiger partial charge in [0.15, 0.2) is 5.65 Å². The summed E-state index contributed by atoms with van der Waals surface area (Å²) < 4.78 is 1.32. The van der Waals surface area contributed by atoms with Crippen LogP contribution in [0.5, 0.6) is 0 Å². The van der Waals surface area contributed by atoms with Crippen LogP contribution in [0.4, 0.5) is 11.6 Å². The van der Waals surface area contributed by atoms with Crippen molar-refractivity contribution in [3.8, 4) is 0 Å². The summed E-state index contributed by atoms with van der Waals surface area (Å²) in [5, 5.41) is 2.34. The maximum absolute atomic E-state index is 12.6. The van der Waals surface area contributed by atoms with Gasteiger partial charge in [0.05, 0.1) is 12.3 Å². The maximum atomic E-state index is 12.6. The number of benzene rings is 1. The highest BCUT2D eigenvalue weighted by molar-refractivity contribution is 5.75. The first-order valence-electron chi connectivity index (χ1n) is 10.8. The van der Waals surface area contributed by atoms with Crippen LogP contribution in [0.25, 0.3) is 11.0 Å². The molecule has 1 fully saturated rings. The van der Waals surface area contributed by atoms with Crippen molar-refractivity contribution in [1.29, 1.82) is 0 Å². The lowest BCUT2D eigenvalue weighted by Crippen LogP contribution is -2.35. The van der Waals surface area contributed by atoms with Crippen LogP contribution in [-0.2, 0) is 4.84 Å². The van der Waals surface area contributed by atoms with Crippen LogP contribution in [0, 0.1) is 0 Å². The molecule has 1 saturated carbocycles. The number of hydrogen-bond acceptors (Lipinski definition) is 7. The van der Waals surface area contributed by atoms with Gasteiger partial charge in [-0.2, -0.15) is 10.0 Å². The van der Waals surface area contributed by atoms with Crippen molar-refractivity contribution in [1.82, 2.24) is 19.6 Å². The summed E-state index contributed by atoms with van der Waals surface area (Å²) in [7, 11) is 3.98. The van der Waals surface area contributed by atoms with Crippen molar-refractivity contribution in [2.24, 2.45) is 0 Å². The van der Waals surface area contributed by atoms with Gasteiger partial charge in [-0.05, 0) is 58.0 Å². The summed E-state index contributed by atoms with van der Waals surface area (Å²) in [6.07, 6.45) is 7.07. The zero-order valence-electron chi connectivity index (χ0n) is 18.1. The van der Waals surface area contributed by atoms with E-state index in [0.29, 0.717) is 18.2 Å². The Balaban J connectivity index is 1.70. The first-order valence-corrected chi connectivity index (χ1v) is 10.8. The molecule has 2 heterocycles. The minimum atomic E-state index is -0.234. The van der Waals surface area contributed by atoms with Gasteiger partial charge in [-0.25, -0.2) is 4.98 Å². The number of para-hydroxylation sites is 1. The molecule has 0 bridgehead atoms. The first kappa shape index (κ1) is 21.3. The zero-order valence-corrected chi connectivity index (χ0v) is 18.1. The van der Waals surface area contributed by atoms with Crippen LogP contribution in [0.2, 0.25) is 0 Å². The summed E-state index contributed by atoms with van der Waals surface area (Å²) in [4.78, 5) is 36.0. The predicted octanol–water partition coefficient (Wildman–Crippen LogP) is 3.18. The average molecular weight is 424 g/mol. The van der Waals surface area contributed by atoms with Gasteiger partial charge < -0.3 is 9.74 Å². The smallest absolute Gasteiger partial charge is 0.285 e. The molecular formula is C23H29N5O3. The molecule has 1 aliphatic carbocycles. The molecule has 0 aliphatic heterocycles. The van der Waals surface area contributed by atoms with Crippen molar-refractivity contribution < 1.29 is 9.68 Å². The predicted molar refractivity (Wildman–Crippen MR) is 120 cm³/mol. The third kappa shape index (κ3) is 5.21. The van der Waals surface area contributed by atoms with E-state index < -0.39 is 0 Å². The summed E-state index contributed by atoms with van der Waals surface area (Å²) in [6.45, 7) is 1.20. The number of aromatic nitrogens is 3. The molecule has 8 heteroatoms. The summed E-state index contributed by atoms with van der Waals surface area (Å²) in [5.74, 6) is 0.351. The second-order valence-electron chi connectivity index (χ2n) is 8.05. The fourth-order valence-corrected chi connectivity index (χ4v) is 3.63. The van der Waals surface area contributed by atoms with Crippen LogP contribution in [0.3, 0.4) is 0 Å². The van der Waals surface area contributed by atoms with Gasteiger partial charge >= 0.3 is 0 Å². The van der Waals surface area contributed by atoms with Crippen molar-refractivity contribution in [3.63, 3.8) is 0 Å². The molecule has 4 rings (SSSR count). The van der Waals surface area contributed by atoms with Gasteiger partial charge in [0.1, 0.15) is 6.10 Å². The van der Waals surface area contributed by atoms with Gasteiger partial charge in [0, 0.05) is 24.2 Å². The Kier molecular flexibility index (Phi) is 6.79. The van der Waals surface area contributed by atoms with Crippen LogP contribution in [0.15, 0.2) is 53.5 Å². The van der Waals surface area contributed by atoms with Crippen molar-refractivity contribution in [2.45, 2.75) is 38.2 Å². The quantitative estimate of drug-likeness (QED) is 0.515. The number of pyridine rings is 1. The molecular weight excluding hydrogens is 394 g/mol. The fraction of sp³-hybridized carbons (Fsp3) is 0.435. The summed E-state index contributed by atoms with van der Waals surface area (Å²) in [6, 6.07) is 12.9. The number of anilines is 2. The van der Waals surface area contributed by atoms with E-state index in [1.165, 1.54) is 17.2 Å². The molecule has 0 spiro atoms. The molecule has 1 aromatic carbocycles. The molecule has 8 nitrogen and oxygen atoms in total. The second kappa shape index (κ2) is 9.89. The molecule has 164 valence electrons. The monoisotopic (exact) mass is 423 g/mol. The summed E-state index contributed by atoms with van der Waals surface area (Å²) >= 11 is 0. The standard InChI is InChI=1S/C23H29N5O3/c1-26(2)15-16-30-27(19-9-5-3-6-10-19)23-24-17-18-13-14-21(29)28(22(18)25-23)31-20-11-7-4-8-12-20/h3,5-6,9-10,13-14,17,20H,4,7-8,11-12,15-16H2,1-2H3. The third-order valence-corrected chi connectivity index (χ3v) is 5.32. The third-order valence-electron chi connectivity index (χ3n) is 5.32. The van der Waals surface area contributed by atoms with Gasteiger partial charge in [0.25, 0.3) is 11.5 Å². The minimum absolute atomic E-state index is 0.0250. The average Bonchev–Trinajstić information content (AvgIpc) is 2.79. The summed E-state index contributed by atoms with van der Waals surface area (Å²) in [5.41, 5.74) is 1.02. The van der Waals surface area contributed by atoms with E-state index in [-0.39, 0.29) is 11.7 Å². The van der Waals surface area contributed by atoms with Gasteiger partial charge in [0.2, 0.25) is 0 Å². The number of hydrogen-bond donors (Lipinski definition) is 0. The highest BCUT2D eigenvalue weighted by atomic mass is 16.7.